The largest absolute Gasteiger partial charge is 0.486 e. The summed E-state index contributed by atoms with van der Waals surface area (Å²) in [7, 11) is -3.74. The standard InChI is InChI=1S/C17H14Cl3FN2O6S/c1-30(27,28)23-13-5-10(18)2-9(15(13)21)7-29-16-11(19)3-8(4-12(16)20)17(26)22-6-14(24)25/h2-5,23H,6-7H2,1H3,(H,22,26)(H,24,25). The van der Waals surface area contributed by atoms with Crippen molar-refractivity contribution in [3.63, 3.8) is 0 Å². The maximum atomic E-state index is 14.6. The molecule has 2 rings (SSSR count). The van der Waals surface area contributed by atoms with E-state index in [1.807, 2.05) is 4.72 Å². The Morgan fingerprint density at radius 1 is 1.13 bits per heavy atom. The number of amides is 1. The van der Waals surface area contributed by atoms with Crippen LogP contribution < -0.4 is 14.8 Å². The number of carboxylic acid groups (broad SMARTS) is 1. The van der Waals surface area contributed by atoms with E-state index in [-0.39, 0.29) is 37.6 Å². The third-order valence-electron chi connectivity index (χ3n) is 3.44. The summed E-state index contributed by atoms with van der Waals surface area (Å²) in [5.74, 6) is -2.91. The minimum absolute atomic E-state index is 0.00725. The van der Waals surface area contributed by atoms with Crippen LogP contribution in [0.1, 0.15) is 15.9 Å². The van der Waals surface area contributed by atoms with E-state index in [0.29, 0.717) is 0 Å². The first-order valence-electron chi connectivity index (χ1n) is 7.95. The maximum absolute atomic E-state index is 14.6. The van der Waals surface area contributed by atoms with Crippen LogP contribution in [0.2, 0.25) is 15.1 Å². The molecule has 0 aliphatic carbocycles. The molecule has 0 radical (unpaired) electrons. The Morgan fingerprint density at radius 3 is 2.27 bits per heavy atom. The second-order valence-electron chi connectivity index (χ2n) is 5.93. The number of carbonyl (C=O) groups excluding carboxylic acids is 1. The molecule has 3 N–H and O–H groups in total. The molecule has 1 amide bonds. The quantitative estimate of drug-likeness (QED) is 0.511. The molecule has 0 aliphatic heterocycles. The molecule has 2 aromatic carbocycles. The van der Waals surface area contributed by atoms with Gasteiger partial charge in [0, 0.05) is 16.1 Å². The van der Waals surface area contributed by atoms with Gasteiger partial charge in [0.05, 0.1) is 22.0 Å². The molecule has 2 aromatic rings. The molecule has 0 spiro atoms. The molecule has 13 heteroatoms. The van der Waals surface area contributed by atoms with E-state index in [2.05, 4.69) is 5.32 Å². The first-order chi connectivity index (χ1) is 13.9. The van der Waals surface area contributed by atoms with Gasteiger partial charge in [-0.3, -0.25) is 14.3 Å². The number of anilines is 1. The number of rotatable bonds is 8. The van der Waals surface area contributed by atoms with Crippen molar-refractivity contribution < 1.29 is 32.2 Å². The first-order valence-corrected chi connectivity index (χ1v) is 11.0. The highest BCUT2D eigenvalue weighted by Crippen LogP contribution is 2.35. The lowest BCUT2D eigenvalue weighted by Crippen LogP contribution is -2.29. The van der Waals surface area contributed by atoms with E-state index in [9.17, 15) is 22.4 Å². The van der Waals surface area contributed by atoms with Crippen molar-refractivity contribution in [1.29, 1.82) is 0 Å². The van der Waals surface area contributed by atoms with Crippen LogP contribution in [0.15, 0.2) is 24.3 Å². The predicted octanol–water partition coefficient (Wildman–Crippen LogP) is 3.55. The molecular weight excluding hydrogens is 486 g/mol. The zero-order chi connectivity index (χ0) is 22.6. The first kappa shape index (κ1) is 24.0. The van der Waals surface area contributed by atoms with Crippen molar-refractivity contribution in [2.45, 2.75) is 6.61 Å². The zero-order valence-corrected chi connectivity index (χ0v) is 18.2. The highest BCUT2D eigenvalue weighted by Gasteiger charge is 2.18. The Bertz CT molecular complexity index is 1090. The van der Waals surface area contributed by atoms with Gasteiger partial charge >= 0.3 is 5.97 Å². The number of ether oxygens (including phenoxy) is 1. The number of benzene rings is 2. The fraction of sp³-hybridized carbons (Fsp3) is 0.176. The second kappa shape index (κ2) is 9.69. The highest BCUT2D eigenvalue weighted by atomic mass is 35.5. The van der Waals surface area contributed by atoms with Crippen LogP contribution in [-0.4, -0.2) is 38.2 Å². The number of aliphatic carboxylic acids is 1. The Kier molecular flexibility index (Phi) is 7.75. The summed E-state index contributed by atoms with van der Waals surface area (Å²) in [5.41, 5.74) is -0.442. The van der Waals surface area contributed by atoms with E-state index in [1.54, 1.807) is 0 Å². The summed E-state index contributed by atoms with van der Waals surface area (Å²) < 4.78 is 44.8. The minimum atomic E-state index is -3.74. The lowest BCUT2D eigenvalue weighted by molar-refractivity contribution is -0.135. The number of carbonyl (C=O) groups is 2. The Hall–Kier alpha value is -2.27. The van der Waals surface area contributed by atoms with Crippen LogP contribution in [0.3, 0.4) is 0 Å². The van der Waals surface area contributed by atoms with Crippen molar-refractivity contribution in [2.24, 2.45) is 0 Å². The van der Waals surface area contributed by atoms with Gasteiger partial charge in [0.1, 0.15) is 13.2 Å². The van der Waals surface area contributed by atoms with Gasteiger partial charge in [-0.2, -0.15) is 0 Å². The van der Waals surface area contributed by atoms with Crippen LogP contribution in [0.4, 0.5) is 10.1 Å². The Morgan fingerprint density at radius 2 is 1.73 bits per heavy atom. The van der Waals surface area contributed by atoms with Crippen LogP contribution in [0.25, 0.3) is 0 Å². The second-order valence-corrected chi connectivity index (χ2v) is 8.93. The predicted molar refractivity (Wildman–Crippen MR) is 111 cm³/mol. The van der Waals surface area contributed by atoms with Gasteiger partial charge in [0.2, 0.25) is 10.0 Å². The van der Waals surface area contributed by atoms with Gasteiger partial charge < -0.3 is 15.2 Å². The van der Waals surface area contributed by atoms with Crippen molar-refractivity contribution in [3.05, 3.63) is 56.3 Å². The molecule has 0 bridgehead atoms. The molecule has 0 aromatic heterocycles. The molecule has 0 unspecified atom stereocenters. The number of hydrogen-bond donors (Lipinski definition) is 3. The van der Waals surface area contributed by atoms with Gasteiger partial charge in [-0.15, -0.1) is 0 Å². The van der Waals surface area contributed by atoms with Crippen LogP contribution in [-0.2, 0) is 21.4 Å². The van der Waals surface area contributed by atoms with Crippen molar-refractivity contribution in [1.82, 2.24) is 5.32 Å². The van der Waals surface area contributed by atoms with Crippen LogP contribution >= 0.6 is 34.8 Å². The Labute approximate surface area is 185 Å². The molecule has 0 fully saturated rings. The molecule has 162 valence electrons. The smallest absolute Gasteiger partial charge is 0.322 e. The Balaban J connectivity index is 2.24. The van der Waals surface area contributed by atoms with E-state index in [0.717, 1.165) is 12.3 Å². The van der Waals surface area contributed by atoms with Gasteiger partial charge in [-0.05, 0) is 24.3 Å². The monoisotopic (exact) mass is 498 g/mol. The molecule has 0 heterocycles. The van der Waals surface area contributed by atoms with Crippen LogP contribution in [0, 0.1) is 5.82 Å². The lowest BCUT2D eigenvalue weighted by Gasteiger charge is -2.14. The third kappa shape index (κ3) is 6.63. The summed E-state index contributed by atoms with van der Waals surface area (Å²) in [4.78, 5) is 22.5. The van der Waals surface area contributed by atoms with Crippen molar-refractivity contribution in [3.8, 4) is 5.75 Å². The van der Waals surface area contributed by atoms with Gasteiger partial charge in [0.15, 0.2) is 11.6 Å². The molecule has 0 aliphatic rings. The summed E-state index contributed by atoms with van der Waals surface area (Å²) in [6.07, 6.45) is 0.858. The SMILES string of the molecule is CS(=O)(=O)Nc1cc(Cl)cc(COc2c(Cl)cc(C(=O)NCC(=O)O)cc2Cl)c1F. The summed E-state index contributed by atoms with van der Waals surface area (Å²) in [6, 6.07) is 4.74. The maximum Gasteiger partial charge on any atom is 0.322 e. The molecule has 0 atom stereocenters. The number of halogens is 4. The average Bonchev–Trinajstić information content (AvgIpc) is 2.61. The van der Waals surface area contributed by atoms with Gasteiger partial charge in [-0.25, -0.2) is 12.8 Å². The molecule has 0 saturated carbocycles. The van der Waals surface area contributed by atoms with Gasteiger partial charge in [0.25, 0.3) is 5.91 Å². The number of nitrogens with one attached hydrogen (secondary N) is 2. The average molecular weight is 500 g/mol. The third-order valence-corrected chi connectivity index (χ3v) is 4.81. The number of sulfonamides is 1. The lowest BCUT2D eigenvalue weighted by atomic mass is 10.2. The van der Waals surface area contributed by atoms with E-state index >= 15 is 0 Å². The summed E-state index contributed by atoms with van der Waals surface area (Å²) in [5, 5.41) is 10.6. The van der Waals surface area contributed by atoms with E-state index < -0.39 is 40.9 Å². The summed E-state index contributed by atoms with van der Waals surface area (Å²) >= 11 is 18.1. The van der Waals surface area contributed by atoms with Gasteiger partial charge in [-0.1, -0.05) is 34.8 Å². The zero-order valence-electron chi connectivity index (χ0n) is 15.1. The minimum Gasteiger partial charge on any atom is -0.486 e. The topological polar surface area (TPSA) is 122 Å². The van der Waals surface area contributed by atoms with Crippen molar-refractivity contribution >= 4 is 62.4 Å². The van der Waals surface area contributed by atoms with E-state index in [1.165, 1.54) is 18.2 Å². The molecule has 30 heavy (non-hydrogen) atoms. The summed E-state index contributed by atoms with van der Waals surface area (Å²) in [6.45, 7) is -1.00. The highest BCUT2D eigenvalue weighted by molar-refractivity contribution is 7.92. The van der Waals surface area contributed by atoms with Crippen LogP contribution in [0.5, 0.6) is 5.75 Å². The molecule has 8 nitrogen and oxygen atoms in total. The fourth-order valence-electron chi connectivity index (χ4n) is 2.26. The van der Waals surface area contributed by atoms with E-state index in [4.69, 9.17) is 44.6 Å². The molecule has 0 saturated heterocycles. The number of hydrogen-bond acceptors (Lipinski definition) is 5. The fourth-order valence-corrected chi connectivity index (χ4v) is 3.65. The normalized spacial score (nSPS) is 11.1. The molecular formula is C17H14Cl3FN2O6S. The van der Waals surface area contributed by atoms with Crippen molar-refractivity contribution in [2.75, 3.05) is 17.5 Å². The number of carboxylic acids is 1.